The van der Waals surface area contributed by atoms with E-state index in [9.17, 15) is 5.11 Å². The molecule has 0 bridgehead atoms. The van der Waals surface area contributed by atoms with E-state index in [-0.39, 0.29) is 11.5 Å². The number of rotatable bonds is 5. The fourth-order valence-electron chi connectivity index (χ4n) is 9.99. The summed E-state index contributed by atoms with van der Waals surface area (Å²) in [6.45, 7) is 22.2. The molecule has 0 saturated heterocycles. The van der Waals surface area contributed by atoms with Gasteiger partial charge >= 0.3 is 0 Å². The van der Waals surface area contributed by atoms with Crippen LogP contribution in [-0.4, -0.2) is 11.2 Å². The van der Waals surface area contributed by atoms with Crippen molar-refractivity contribution in [2.75, 3.05) is 0 Å². The molecule has 4 rings (SSSR count). The minimum Gasteiger partial charge on any atom is -0.393 e. The Labute approximate surface area is 205 Å². The first-order valence-electron chi connectivity index (χ1n) is 14.4. The van der Waals surface area contributed by atoms with Crippen molar-refractivity contribution >= 4 is 0 Å². The van der Waals surface area contributed by atoms with E-state index in [1.807, 2.05) is 11.1 Å². The summed E-state index contributed by atoms with van der Waals surface area (Å²) < 4.78 is 0. The predicted octanol–water partition coefficient (Wildman–Crippen LogP) is 9.12. The van der Waals surface area contributed by atoms with E-state index in [4.69, 9.17) is 0 Å². The van der Waals surface area contributed by atoms with Gasteiger partial charge in [-0.15, -0.1) is 0 Å². The quantitative estimate of drug-likeness (QED) is 0.411. The predicted molar refractivity (Wildman–Crippen MR) is 142 cm³/mol. The lowest BCUT2D eigenvalue weighted by molar-refractivity contribution is -0.0962. The van der Waals surface area contributed by atoms with Crippen LogP contribution in [0.5, 0.6) is 0 Å². The van der Waals surface area contributed by atoms with Gasteiger partial charge in [0.2, 0.25) is 0 Å². The topological polar surface area (TPSA) is 20.2 Å². The molecule has 0 aromatic carbocycles. The highest BCUT2D eigenvalue weighted by molar-refractivity contribution is 5.38. The van der Waals surface area contributed by atoms with Crippen molar-refractivity contribution in [1.29, 1.82) is 0 Å². The minimum absolute atomic E-state index is 0.0425. The Morgan fingerprint density at radius 3 is 2.27 bits per heavy atom. The molecular formula is C32H54O. The molecule has 1 nitrogen and oxygen atoms in total. The lowest BCUT2D eigenvalue weighted by Crippen LogP contribution is -2.55. The molecule has 4 aliphatic rings. The molecule has 0 aromatic rings. The van der Waals surface area contributed by atoms with Crippen LogP contribution in [0, 0.1) is 45.3 Å². The van der Waals surface area contributed by atoms with Crippen molar-refractivity contribution in [3.8, 4) is 0 Å². The van der Waals surface area contributed by atoms with Crippen LogP contribution in [0.3, 0.4) is 0 Å². The number of hydrogen-bond acceptors (Lipinski definition) is 1. The van der Waals surface area contributed by atoms with Gasteiger partial charge in [-0.2, -0.15) is 0 Å². The molecule has 4 aliphatic carbocycles. The van der Waals surface area contributed by atoms with E-state index >= 15 is 0 Å². The van der Waals surface area contributed by atoms with Crippen molar-refractivity contribution < 1.29 is 5.11 Å². The van der Waals surface area contributed by atoms with E-state index in [1.165, 1.54) is 57.8 Å². The minimum atomic E-state index is -0.133. The van der Waals surface area contributed by atoms with Crippen LogP contribution in [-0.2, 0) is 0 Å². The number of aliphatic hydroxyl groups is 1. The van der Waals surface area contributed by atoms with Crippen molar-refractivity contribution in [2.45, 2.75) is 133 Å². The summed E-state index contributed by atoms with van der Waals surface area (Å²) in [5.41, 5.74) is 6.57. The molecular weight excluding hydrogens is 400 g/mol. The highest BCUT2D eigenvalue weighted by Crippen LogP contribution is 2.72. The fourth-order valence-corrected chi connectivity index (χ4v) is 9.99. The van der Waals surface area contributed by atoms with E-state index in [0.717, 1.165) is 18.3 Å². The second kappa shape index (κ2) is 8.53. The Morgan fingerprint density at radius 1 is 0.939 bits per heavy atom. The SMILES string of the molecule is CC=C(CC[C@@H](C)[C@H]1CC[C@@]2(C)C3=C(CC[C@]12C)[C@@]1(C)CC[C@H](O)C(C)(C)[C@@H]1CC3)C(C)C. The average Bonchev–Trinajstić information content (AvgIpc) is 3.03. The molecule has 188 valence electrons. The molecule has 0 aromatic heterocycles. The van der Waals surface area contributed by atoms with Crippen molar-refractivity contribution in [3.63, 3.8) is 0 Å². The maximum atomic E-state index is 10.8. The third-order valence-electron chi connectivity index (χ3n) is 12.5. The average molecular weight is 455 g/mol. The van der Waals surface area contributed by atoms with Gasteiger partial charge in [0, 0.05) is 0 Å². The van der Waals surface area contributed by atoms with Gasteiger partial charge in [0.25, 0.3) is 0 Å². The third-order valence-corrected chi connectivity index (χ3v) is 12.5. The summed E-state index contributed by atoms with van der Waals surface area (Å²) in [7, 11) is 0. The van der Waals surface area contributed by atoms with Crippen LogP contribution in [0.1, 0.15) is 127 Å². The number of fused-ring (bicyclic) bond motifs is 4. The maximum absolute atomic E-state index is 10.8. The first-order valence-corrected chi connectivity index (χ1v) is 14.4. The van der Waals surface area contributed by atoms with E-state index in [2.05, 4.69) is 68.4 Å². The van der Waals surface area contributed by atoms with Gasteiger partial charge in [-0.3, -0.25) is 0 Å². The second-order valence-corrected chi connectivity index (χ2v) is 14.3. The number of hydrogen-bond donors (Lipinski definition) is 1. The van der Waals surface area contributed by atoms with Crippen LogP contribution < -0.4 is 0 Å². The van der Waals surface area contributed by atoms with Gasteiger partial charge in [-0.25, -0.2) is 0 Å². The summed E-state index contributed by atoms with van der Waals surface area (Å²) in [5.74, 6) is 2.98. The molecule has 0 aliphatic heterocycles. The lowest BCUT2D eigenvalue weighted by atomic mass is 9.43. The van der Waals surface area contributed by atoms with E-state index in [0.29, 0.717) is 28.1 Å². The summed E-state index contributed by atoms with van der Waals surface area (Å²) in [6, 6.07) is 0. The monoisotopic (exact) mass is 454 g/mol. The molecule has 1 heteroatoms. The van der Waals surface area contributed by atoms with Gasteiger partial charge in [-0.1, -0.05) is 78.2 Å². The highest BCUT2D eigenvalue weighted by Gasteiger charge is 2.63. The summed E-state index contributed by atoms with van der Waals surface area (Å²) in [6.07, 6.45) is 15.1. The molecule has 7 atom stereocenters. The smallest absolute Gasteiger partial charge is 0.0594 e. The normalized spacial score (nSPS) is 43.8. The van der Waals surface area contributed by atoms with Crippen molar-refractivity contribution in [3.05, 3.63) is 22.8 Å². The van der Waals surface area contributed by atoms with Crippen LogP contribution in [0.4, 0.5) is 0 Å². The van der Waals surface area contributed by atoms with Crippen molar-refractivity contribution in [2.24, 2.45) is 45.3 Å². The van der Waals surface area contributed by atoms with Crippen LogP contribution >= 0.6 is 0 Å². The molecule has 0 amide bonds. The first-order chi connectivity index (χ1) is 15.3. The standard InChI is InChI=1S/C32H54O/c1-10-23(21(2)3)12-11-22(4)24-15-19-32(9)26-13-14-27-29(5,6)28(33)17-18-30(27,7)25(26)16-20-31(24,32)8/h10,21-22,24,27-28,33H,11-20H2,1-9H3/t22-,24-,27+,28+,30-,31-,32+/m1/s1. The largest absolute Gasteiger partial charge is 0.393 e. The van der Waals surface area contributed by atoms with Gasteiger partial charge in [0.05, 0.1) is 6.10 Å². The van der Waals surface area contributed by atoms with Crippen LogP contribution in [0.25, 0.3) is 0 Å². The Kier molecular flexibility index (Phi) is 6.60. The number of aliphatic hydroxyl groups excluding tert-OH is 1. The molecule has 33 heavy (non-hydrogen) atoms. The van der Waals surface area contributed by atoms with Crippen LogP contribution in [0.15, 0.2) is 22.8 Å². The van der Waals surface area contributed by atoms with Gasteiger partial charge < -0.3 is 5.11 Å². The summed E-state index contributed by atoms with van der Waals surface area (Å²) >= 11 is 0. The van der Waals surface area contributed by atoms with Gasteiger partial charge in [0.15, 0.2) is 0 Å². The highest BCUT2D eigenvalue weighted by atomic mass is 16.3. The zero-order valence-electron chi connectivity index (χ0n) is 23.5. The molecule has 0 spiro atoms. The Morgan fingerprint density at radius 2 is 1.64 bits per heavy atom. The Bertz CT molecular complexity index is 814. The molecule has 1 N–H and O–H groups in total. The van der Waals surface area contributed by atoms with Crippen LogP contribution in [0.2, 0.25) is 0 Å². The molecule has 0 unspecified atom stereocenters. The Balaban J connectivity index is 1.61. The van der Waals surface area contributed by atoms with Crippen molar-refractivity contribution in [1.82, 2.24) is 0 Å². The lowest BCUT2D eigenvalue weighted by Gasteiger charge is -2.62. The van der Waals surface area contributed by atoms with Gasteiger partial charge in [0.1, 0.15) is 0 Å². The Hall–Kier alpha value is -0.560. The maximum Gasteiger partial charge on any atom is 0.0594 e. The van der Waals surface area contributed by atoms with E-state index in [1.54, 1.807) is 5.57 Å². The fraction of sp³-hybridized carbons (Fsp3) is 0.875. The van der Waals surface area contributed by atoms with E-state index < -0.39 is 0 Å². The van der Waals surface area contributed by atoms with Gasteiger partial charge in [-0.05, 0) is 116 Å². The third kappa shape index (κ3) is 3.65. The molecule has 2 fully saturated rings. The summed E-state index contributed by atoms with van der Waals surface area (Å²) in [4.78, 5) is 0. The molecule has 2 saturated carbocycles. The second-order valence-electron chi connectivity index (χ2n) is 14.3. The zero-order chi connectivity index (χ0) is 24.4. The zero-order valence-corrected chi connectivity index (χ0v) is 23.5. The summed E-state index contributed by atoms with van der Waals surface area (Å²) in [5, 5.41) is 10.8. The molecule has 0 radical (unpaired) electrons. The number of allylic oxidation sites excluding steroid dienone is 4. The molecule has 0 heterocycles. The first kappa shape index (κ1) is 25.5.